The molecule has 0 fully saturated rings. The van der Waals surface area contributed by atoms with Gasteiger partial charge in [0.05, 0.1) is 14.2 Å². The van der Waals surface area contributed by atoms with E-state index in [0.717, 1.165) is 10.0 Å². The van der Waals surface area contributed by atoms with E-state index < -0.39 is 5.60 Å². The number of ether oxygens (including phenoxy) is 2. The second-order valence-electron chi connectivity index (χ2n) is 4.65. The summed E-state index contributed by atoms with van der Waals surface area (Å²) in [6.45, 7) is 1.74. The van der Waals surface area contributed by atoms with Crippen molar-refractivity contribution in [2.75, 3.05) is 14.2 Å². The Bertz CT molecular complexity index is 591. The van der Waals surface area contributed by atoms with Crippen LogP contribution in [0.2, 0.25) is 0 Å². The van der Waals surface area contributed by atoms with Crippen molar-refractivity contribution >= 4 is 15.9 Å². The summed E-state index contributed by atoms with van der Waals surface area (Å²) in [6, 6.07) is 12.9. The zero-order chi connectivity index (χ0) is 14.8. The zero-order valence-corrected chi connectivity index (χ0v) is 13.3. The molecular formula is C16H17BrO3. The maximum Gasteiger partial charge on any atom is 0.125 e. The summed E-state index contributed by atoms with van der Waals surface area (Å²) in [5, 5.41) is 10.9. The van der Waals surface area contributed by atoms with Gasteiger partial charge in [0.1, 0.15) is 17.1 Å². The highest BCUT2D eigenvalue weighted by Gasteiger charge is 2.29. The van der Waals surface area contributed by atoms with E-state index in [0.29, 0.717) is 17.1 Å². The standard InChI is InChI=1S/C16H17BrO3/c1-16(18,11-4-6-12(17)7-5-11)14-10-13(19-2)8-9-15(14)20-3/h4-10,18H,1-3H3. The van der Waals surface area contributed by atoms with Crippen LogP contribution in [0.15, 0.2) is 46.9 Å². The van der Waals surface area contributed by atoms with Gasteiger partial charge in [-0.1, -0.05) is 28.1 Å². The van der Waals surface area contributed by atoms with E-state index in [-0.39, 0.29) is 0 Å². The summed E-state index contributed by atoms with van der Waals surface area (Å²) < 4.78 is 11.5. The van der Waals surface area contributed by atoms with Crippen LogP contribution >= 0.6 is 15.9 Å². The van der Waals surface area contributed by atoms with Gasteiger partial charge in [-0.2, -0.15) is 0 Å². The fraction of sp³-hybridized carbons (Fsp3) is 0.250. The van der Waals surface area contributed by atoms with Crippen molar-refractivity contribution in [1.82, 2.24) is 0 Å². The van der Waals surface area contributed by atoms with Crippen molar-refractivity contribution in [2.45, 2.75) is 12.5 Å². The molecule has 2 aromatic carbocycles. The molecule has 106 valence electrons. The first-order valence-electron chi connectivity index (χ1n) is 6.20. The van der Waals surface area contributed by atoms with Crippen molar-refractivity contribution in [3.05, 3.63) is 58.1 Å². The van der Waals surface area contributed by atoms with Gasteiger partial charge in [-0.3, -0.25) is 0 Å². The first kappa shape index (κ1) is 14.9. The molecule has 2 aromatic rings. The third kappa shape index (κ3) is 2.81. The van der Waals surface area contributed by atoms with Crippen LogP contribution in [0.5, 0.6) is 11.5 Å². The molecule has 3 nitrogen and oxygen atoms in total. The van der Waals surface area contributed by atoms with Crippen LogP contribution in [0, 0.1) is 0 Å². The Morgan fingerprint density at radius 2 is 1.65 bits per heavy atom. The van der Waals surface area contributed by atoms with E-state index in [9.17, 15) is 5.11 Å². The van der Waals surface area contributed by atoms with Crippen molar-refractivity contribution in [3.63, 3.8) is 0 Å². The first-order chi connectivity index (χ1) is 9.48. The molecule has 0 spiro atoms. The van der Waals surface area contributed by atoms with Gasteiger partial charge in [0.15, 0.2) is 0 Å². The normalized spacial score (nSPS) is 13.7. The Kier molecular flexibility index (Phi) is 4.35. The van der Waals surface area contributed by atoms with E-state index in [1.165, 1.54) is 0 Å². The predicted octanol–water partition coefficient (Wildman–Crippen LogP) is 3.72. The molecule has 0 heterocycles. The topological polar surface area (TPSA) is 38.7 Å². The van der Waals surface area contributed by atoms with Crippen molar-refractivity contribution in [2.24, 2.45) is 0 Å². The largest absolute Gasteiger partial charge is 0.497 e. The number of hydrogen-bond donors (Lipinski definition) is 1. The smallest absolute Gasteiger partial charge is 0.125 e. The molecule has 0 saturated carbocycles. The van der Waals surface area contributed by atoms with Crippen LogP contribution in [0.25, 0.3) is 0 Å². The summed E-state index contributed by atoms with van der Waals surface area (Å²) in [5.74, 6) is 1.30. The van der Waals surface area contributed by atoms with Crippen LogP contribution in [-0.4, -0.2) is 19.3 Å². The van der Waals surface area contributed by atoms with E-state index in [2.05, 4.69) is 15.9 Å². The monoisotopic (exact) mass is 336 g/mol. The third-order valence-corrected chi connectivity index (χ3v) is 3.87. The lowest BCUT2D eigenvalue weighted by Gasteiger charge is -2.27. The number of methoxy groups -OCH3 is 2. The Hall–Kier alpha value is -1.52. The van der Waals surface area contributed by atoms with Crippen molar-refractivity contribution < 1.29 is 14.6 Å². The third-order valence-electron chi connectivity index (χ3n) is 3.34. The van der Waals surface area contributed by atoms with Crippen LogP contribution in [0.3, 0.4) is 0 Å². The van der Waals surface area contributed by atoms with Crippen LogP contribution < -0.4 is 9.47 Å². The van der Waals surface area contributed by atoms with Crippen LogP contribution in [0.4, 0.5) is 0 Å². The minimum atomic E-state index is -1.17. The molecule has 0 aliphatic rings. The summed E-state index contributed by atoms with van der Waals surface area (Å²) >= 11 is 3.39. The summed E-state index contributed by atoms with van der Waals surface area (Å²) in [6.07, 6.45) is 0. The second kappa shape index (κ2) is 5.85. The molecular weight excluding hydrogens is 320 g/mol. The second-order valence-corrected chi connectivity index (χ2v) is 5.56. The van der Waals surface area contributed by atoms with Gasteiger partial charge in [0, 0.05) is 10.0 Å². The van der Waals surface area contributed by atoms with E-state index in [1.54, 1.807) is 39.3 Å². The lowest BCUT2D eigenvalue weighted by molar-refractivity contribution is 0.0986. The van der Waals surface area contributed by atoms with Gasteiger partial charge >= 0.3 is 0 Å². The number of halogens is 1. The van der Waals surface area contributed by atoms with Gasteiger partial charge in [-0.25, -0.2) is 0 Å². The molecule has 0 radical (unpaired) electrons. The fourth-order valence-corrected chi connectivity index (χ4v) is 2.39. The summed E-state index contributed by atoms with van der Waals surface area (Å²) in [5.41, 5.74) is 0.287. The van der Waals surface area contributed by atoms with Gasteiger partial charge in [0.25, 0.3) is 0 Å². The molecule has 0 amide bonds. The highest BCUT2D eigenvalue weighted by Crippen LogP contribution is 2.37. The molecule has 0 saturated heterocycles. The van der Waals surface area contributed by atoms with Crippen LogP contribution in [0.1, 0.15) is 18.1 Å². The zero-order valence-electron chi connectivity index (χ0n) is 11.7. The Balaban J connectivity index is 2.54. The molecule has 1 atom stereocenters. The lowest BCUT2D eigenvalue weighted by Crippen LogP contribution is -2.23. The average Bonchev–Trinajstić information content (AvgIpc) is 2.47. The number of hydrogen-bond acceptors (Lipinski definition) is 3. The molecule has 20 heavy (non-hydrogen) atoms. The highest BCUT2D eigenvalue weighted by molar-refractivity contribution is 9.10. The van der Waals surface area contributed by atoms with E-state index in [1.807, 2.05) is 24.3 Å². The maximum absolute atomic E-state index is 10.9. The first-order valence-corrected chi connectivity index (χ1v) is 6.99. The Labute approximate surface area is 127 Å². The number of rotatable bonds is 4. The van der Waals surface area contributed by atoms with Crippen molar-refractivity contribution in [3.8, 4) is 11.5 Å². The fourth-order valence-electron chi connectivity index (χ4n) is 2.12. The Morgan fingerprint density at radius 1 is 1.00 bits per heavy atom. The molecule has 4 heteroatoms. The van der Waals surface area contributed by atoms with Crippen LogP contribution in [-0.2, 0) is 5.60 Å². The number of aliphatic hydroxyl groups is 1. The molecule has 0 aliphatic carbocycles. The van der Waals surface area contributed by atoms with Gasteiger partial charge in [-0.05, 0) is 42.8 Å². The highest BCUT2D eigenvalue weighted by atomic mass is 79.9. The molecule has 2 rings (SSSR count). The molecule has 0 bridgehead atoms. The average molecular weight is 337 g/mol. The molecule has 0 aliphatic heterocycles. The Morgan fingerprint density at radius 3 is 2.20 bits per heavy atom. The predicted molar refractivity (Wildman–Crippen MR) is 82.4 cm³/mol. The van der Waals surface area contributed by atoms with E-state index in [4.69, 9.17) is 9.47 Å². The summed E-state index contributed by atoms with van der Waals surface area (Å²) in [4.78, 5) is 0. The molecule has 0 aromatic heterocycles. The van der Waals surface area contributed by atoms with Gasteiger partial charge in [0.2, 0.25) is 0 Å². The summed E-state index contributed by atoms with van der Waals surface area (Å²) in [7, 11) is 3.18. The quantitative estimate of drug-likeness (QED) is 0.924. The van der Waals surface area contributed by atoms with Crippen molar-refractivity contribution in [1.29, 1.82) is 0 Å². The van der Waals surface area contributed by atoms with Gasteiger partial charge < -0.3 is 14.6 Å². The molecule has 1 N–H and O–H groups in total. The minimum absolute atomic E-state index is 0.624. The number of benzene rings is 2. The maximum atomic E-state index is 10.9. The SMILES string of the molecule is COc1ccc(OC)c(C(C)(O)c2ccc(Br)cc2)c1. The minimum Gasteiger partial charge on any atom is -0.497 e. The molecule has 1 unspecified atom stereocenters. The van der Waals surface area contributed by atoms with E-state index >= 15 is 0 Å². The van der Waals surface area contributed by atoms with Gasteiger partial charge in [-0.15, -0.1) is 0 Å². The lowest BCUT2D eigenvalue weighted by atomic mass is 9.87.